The molecule has 0 unspecified atom stereocenters. The highest BCUT2D eigenvalue weighted by Crippen LogP contribution is 2.45. The van der Waals surface area contributed by atoms with Crippen LogP contribution in [0.2, 0.25) is 5.02 Å². The zero-order valence-electron chi connectivity index (χ0n) is 10.8. The number of alkyl halides is 1. The Morgan fingerprint density at radius 2 is 2.21 bits per heavy atom. The van der Waals surface area contributed by atoms with Crippen molar-refractivity contribution in [2.45, 2.75) is 36.4 Å². The molecule has 1 fully saturated rings. The molecule has 19 heavy (non-hydrogen) atoms. The van der Waals surface area contributed by atoms with E-state index >= 15 is 0 Å². The molecule has 1 aliphatic carbocycles. The second-order valence-electron chi connectivity index (χ2n) is 5.10. The molecule has 1 aromatic carbocycles. The predicted octanol–water partition coefficient (Wildman–Crippen LogP) is 4.71. The van der Waals surface area contributed by atoms with E-state index in [9.17, 15) is 0 Å². The minimum atomic E-state index is 0.341. The Kier molecular flexibility index (Phi) is 3.71. The molecule has 0 saturated heterocycles. The van der Waals surface area contributed by atoms with E-state index < -0.39 is 0 Å². The SMILES string of the molecule is CSC1(Cn2c(CCl)nc3cccc(Cl)c32)CCC1. The number of nitrogens with zero attached hydrogens (tertiary/aromatic N) is 2. The summed E-state index contributed by atoms with van der Waals surface area (Å²) in [4.78, 5) is 4.61. The lowest BCUT2D eigenvalue weighted by Gasteiger charge is -2.41. The van der Waals surface area contributed by atoms with Crippen LogP contribution >= 0.6 is 35.0 Å². The summed E-state index contributed by atoms with van der Waals surface area (Å²) >= 11 is 14.4. The Balaban J connectivity index is 2.10. The third-order valence-corrected chi connectivity index (χ3v) is 6.01. The Morgan fingerprint density at radius 1 is 1.42 bits per heavy atom. The number of fused-ring (bicyclic) bond motifs is 1. The van der Waals surface area contributed by atoms with Gasteiger partial charge in [0.1, 0.15) is 5.82 Å². The summed E-state index contributed by atoms with van der Waals surface area (Å²) in [5.74, 6) is 1.35. The third-order valence-electron chi connectivity index (χ3n) is 4.06. The van der Waals surface area contributed by atoms with E-state index in [1.807, 2.05) is 30.0 Å². The maximum absolute atomic E-state index is 6.36. The van der Waals surface area contributed by atoms with Gasteiger partial charge in [0.15, 0.2) is 0 Å². The molecule has 1 aliphatic rings. The van der Waals surface area contributed by atoms with Gasteiger partial charge < -0.3 is 4.57 Å². The van der Waals surface area contributed by atoms with Crippen molar-refractivity contribution in [3.63, 3.8) is 0 Å². The summed E-state index contributed by atoms with van der Waals surface area (Å²) in [5, 5.41) is 0.761. The van der Waals surface area contributed by atoms with E-state index in [0.29, 0.717) is 10.6 Å². The first-order chi connectivity index (χ1) is 9.19. The molecule has 1 heterocycles. The number of benzene rings is 1. The molecule has 5 heteroatoms. The highest BCUT2D eigenvalue weighted by atomic mass is 35.5. The molecular weight excluding hydrogens is 299 g/mol. The lowest BCUT2D eigenvalue weighted by Crippen LogP contribution is -2.38. The lowest BCUT2D eigenvalue weighted by molar-refractivity contribution is 0.322. The van der Waals surface area contributed by atoms with Crippen LogP contribution in [0.3, 0.4) is 0 Å². The average Bonchev–Trinajstić information content (AvgIpc) is 2.73. The molecule has 0 N–H and O–H groups in total. The topological polar surface area (TPSA) is 17.8 Å². The monoisotopic (exact) mass is 314 g/mol. The van der Waals surface area contributed by atoms with Crippen LogP contribution in [-0.4, -0.2) is 20.6 Å². The van der Waals surface area contributed by atoms with E-state index in [0.717, 1.165) is 28.4 Å². The van der Waals surface area contributed by atoms with Crippen LogP contribution in [0.4, 0.5) is 0 Å². The van der Waals surface area contributed by atoms with Gasteiger partial charge in [-0.05, 0) is 31.2 Å². The molecule has 0 aliphatic heterocycles. The first-order valence-electron chi connectivity index (χ1n) is 6.44. The molecule has 1 saturated carbocycles. The van der Waals surface area contributed by atoms with Crippen molar-refractivity contribution in [3.05, 3.63) is 29.0 Å². The van der Waals surface area contributed by atoms with Gasteiger partial charge in [0.05, 0.1) is 21.9 Å². The molecule has 0 spiro atoms. The molecule has 0 amide bonds. The van der Waals surface area contributed by atoms with Crippen molar-refractivity contribution < 1.29 is 0 Å². The summed E-state index contributed by atoms with van der Waals surface area (Å²) in [5.41, 5.74) is 1.97. The van der Waals surface area contributed by atoms with Crippen molar-refractivity contribution in [1.29, 1.82) is 0 Å². The molecule has 2 aromatic rings. The van der Waals surface area contributed by atoms with Gasteiger partial charge >= 0.3 is 0 Å². The van der Waals surface area contributed by atoms with E-state index in [2.05, 4.69) is 15.8 Å². The standard InChI is InChI=1S/C14H16Cl2N2S/c1-19-14(6-3-7-14)9-18-12(8-15)17-11-5-2-4-10(16)13(11)18/h2,4-5H,3,6-9H2,1H3. The van der Waals surface area contributed by atoms with Gasteiger partial charge in [0.2, 0.25) is 0 Å². The van der Waals surface area contributed by atoms with E-state index in [1.54, 1.807) is 0 Å². The second kappa shape index (κ2) is 5.19. The minimum Gasteiger partial charge on any atom is -0.324 e. The lowest BCUT2D eigenvalue weighted by atomic mass is 9.84. The molecule has 3 rings (SSSR count). The van der Waals surface area contributed by atoms with Gasteiger partial charge in [-0.25, -0.2) is 4.98 Å². The fourth-order valence-corrected chi connectivity index (χ4v) is 4.18. The van der Waals surface area contributed by atoms with Gasteiger partial charge in [-0.2, -0.15) is 11.8 Å². The number of hydrogen-bond acceptors (Lipinski definition) is 2. The fraction of sp³-hybridized carbons (Fsp3) is 0.500. The highest BCUT2D eigenvalue weighted by molar-refractivity contribution is 8.00. The van der Waals surface area contributed by atoms with Crippen LogP contribution in [0.15, 0.2) is 18.2 Å². The number of halogens is 2. The summed E-state index contributed by atoms with van der Waals surface area (Å²) < 4.78 is 2.56. The quantitative estimate of drug-likeness (QED) is 0.760. The smallest absolute Gasteiger partial charge is 0.124 e. The summed E-state index contributed by atoms with van der Waals surface area (Å²) in [6.45, 7) is 0.955. The number of thioether (sulfide) groups is 1. The number of hydrogen-bond donors (Lipinski definition) is 0. The van der Waals surface area contributed by atoms with Crippen molar-refractivity contribution in [2.75, 3.05) is 6.26 Å². The summed E-state index contributed by atoms with van der Waals surface area (Å²) in [6, 6.07) is 5.86. The van der Waals surface area contributed by atoms with Crippen molar-refractivity contribution in [2.24, 2.45) is 0 Å². The molecule has 1 aromatic heterocycles. The average molecular weight is 315 g/mol. The van der Waals surface area contributed by atoms with Crippen LogP contribution in [0.5, 0.6) is 0 Å². The van der Waals surface area contributed by atoms with Crippen LogP contribution < -0.4 is 0 Å². The Hall–Kier alpha value is -0.380. The second-order valence-corrected chi connectivity index (χ2v) is 7.04. The zero-order chi connectivity index (χ0) is 13.5. The normalized spacial score (nSPS) is 17.6. The predicted molar refractivity (Wildman–Crippen MR) is 84.4 cm³/mol. The maximum atomic E-state index is 6.36. The number of rotatable bonds is 4. The first-order valence-corrected chi connectivity index (χ1v) is 8.57. The molecule has 0 radical (unpaired) electrons. The van der Waals surface area contributed by atoms with Crippen LogP contribution in [0.25, 0.3) is 11.0 Å². The van der Waals surface area contributed by atoms with Crippen molar-refractivity contribution >= 4 is 46.0 Å². The Labute approximate surface area is 127 Å². The van der Waals surface area contributed by atoms with Crippen molar-refractivity contribution in [1.82, 2.24) is 9.55 Å². The highest BCUT2D eigenvalue weighted by Gasteiger charge is 2.37. The van der Waals surface area contributed by atoms with Gasteiger partial charge in [0, 0.05) is 11.3 Å². The van der Waals surface area contributed by atoms with Crippen LogP contribution in [0, 0.1) is 0 Å². The minimum absolute atomic E-state index is 0.341. The summed E-state index contributed by atoms with van der Waals surface area (Å²) in [6.07, 6.45) is 6.04. The van der Waals surface area contributed by atoms with E-state index in [4.69, 9.17) is 23.2 Å². The summed E-state index contributed by atoms with van der Waals surface area (Å²) in [7, 11) is 0. The molecule has 0 atom stereocenters. The first kappa shape index (κ1) is 13.6. The fourth-order valence-electron chi connectivity index (χ4n) is 2.75. The largest absolute Gasteiger partial charge is 0.324 e. The van der Waals surface area contributed by atoms with Gasteiger partial charge in [-0.3, -0.25) is 0 Å². The Bertz CT molecular complexity index is 599. The van der Waals surface area contributed by atoms with E-state index in [1.165, 1.54) is 19.3 Å². The maximum Gasteiger partial charge on any atom is 0.124 e. The van der Waals surface area contributed by atoms with Crippen LogP contribution in [0.1, 0.15) is 25.1 Å². The van der Waals surface area contributed by atoms with Crippen LogP contribution in [-0.2, 0) is 12.4 Å². The number of para-hydroxylation sites is 1. The Morgan fingerprint density at radius 3 is 2.79 bits per heavy atom. The van der Waals surface area contributed by atoms with Gasteiger partial charge in [-0.15, -0.1) is 11.6 Å². The zero-order valence-corrected chi connectivity index (χ0v) is 13.2. The molecule has 2 nitrogen and oxygen atoms in total. The number of imidazole rings is 1. The van der Waals surface area contributed by atoms with Gasteiger partial charge in [-0.1, -0.05) is 24.1 Å². The molecule has 102 valence electrons. The van der Waals surface area contributed by atoms with E-state index in [-0.39, 0.29) is 0 Å². The van der Waals surface area contributed by atoms with Crippen molar-refractivity contribution in [3.8, 4) is 0 Å². The van der Waals surface area contributed by atoms with Gasteiger partial charge in [0.25, 0.3) is 0 Å². The number of aromatic nitrogens is 2. The molecular formula is C14H16Cl2N2S. The molecule has 0 bridgehead atoms. The third kappa shape index (κ3) is 2.26.